The summed E-state index contributed by atoms with van der Waals surface area (Å²) in [5.74, 6) is 0.0654. The van der Waals surface area contributed by atoms with Gasteiger partial charge in [0.1, 0.15) is 0 Å². The molecule has 0 unspecified atom stereocenters. The summed E-state index contributed by atoms with van der Waals surface area (Å²) in [6.45, 7) is 5.97. The van der Waals surface area contributed by atoms with Crippen LogP contribution in [0.5, 0.6) is 0 Å². The number of hydrogen-bond donors (Lipinski definition) is 1. The Labute approximate surface area is 163 Å². The molecule has 0 bridgehead atoms. The fourth-order valence-electron chi connectivity index (χ4n) is 2.94. The molecule has 0 aromatic heterocycles. The zero-order chi connectivity index (χ0) is 19.2. The number of carbonyl (C=O) groups excluding carboxylic acids is 1. The minimum Gasteiger partial charge on any atom is -0.381 e. The third-order valence-electron chi connectivity index (χ3n) is 4.49. The first kappa shape index (κ1) is 21.4. The number of hydrogen-bond acceptors (Lipinski definition) is 3. The van der Waals surface area contributed by atoms with E-state index in [0.717, 1.165) is 56.5 Å². The van der Waals surface area contributed by atoms with E-state index in [-0.39, 0.29) is 5.91 Å². The van der Waals surface area contributed by atoms with Gasteiger partial charge in [0.05, 0.1) is 6.42 Å². The predicted molar refractivity (Wildman–Crippen MR) is 111 cm³/mol. The van der Waals surface area contributed by atoms with E-state index in [4.69, 9.17) is 9.47 Å². The van der Waals surface area contributed by atoms with Crippen LogP contribution >= 0.6 is 0 Å². The summed E-state index contributed by atoms with van der Waals surface area (Å²) in [4.78, 5) is 12.2. The predicted octanol–water partition coefficient (Wildman–Crippen LogP) is 4.50. The number of ether oxygens (including phenoxy) is 2. The number of unbranched alkanes of at least 4 members (excludes halogenated alkanes) is 2. The van der Waals surface area contributed by atoms with E-state index in [1.807, 2.05) is 24.3 Å². The van der Waals surface area contributed by atoms with Crippen LogP contribution in [-0.2, 0) is 20.7 Å². The van der Waals surface area contributed by atoms with Gasteiger partial charge >= 0.3 is 0 Å². The fraction of sp³-hybridized carbons (Fsp3) is 0.522. The highest BCUT2D eigenvalue weighted by Crippen LogP contribution is 2.18. The molecule has 2 aromatic carbocycles. The third-order valence-corrected chi connectivity index (χ3v) is 4.49. The molecule has 0 saturated heterocycles. The minimum absolute atomic E-state index is 0.0654. The van der Waals surface area contributed by atoms with Gasteiger partial charge in [-0.05, 0) is 42.0 Å². The Kier molecular flexibility index (Phi) is 10.5. The maximum atomic E-state index is 12.2. The lowest BCUT2D eigenvalue weighted by molar-refractivity contribution is -0.120. The zero-order valence-corrected chi connectivity index (χ0v) is 16.5. The maximum Gasteiger partial charge on any atom is 0.224 e. The molecule has 0 aliphatic heterocycles. The number of amides is 1. The van der Waals surface area contributed by atoms with E-state index in [0.29, 0.717) is 19.6 Å². The van der Waals surface area contributed by atoms with Gasteiger partial charge in [0.15, 0.2) is 0 Å². The van der Waals surface area contributed by atoms with Crippen molar-refractivity contribution in [2.75, 3.05) is 33.0 Å². The monoisotopic (exact) mass is 371 g/mol. The van der Waals surface area contributed by atoms with Gasteiger partial charge in [-0.2, -0.15) is 0 Å². The summed E-state index contributed by atoms with van der Waals surface area (Å²) in [6, 6.07) is 14.3. The molecule has 1 amide bonds. The first-order valence-corrected chi connectivity index (χ1v) is 10.2. The summed E-state index contributed by atoms with van der Waals surface area (Å²) < 4.78 is 11.1. The standard InChI is InChI=1S/C23H33NO3/c1-2-3-15-26-16-6-7-17-27-18-9-14-24-23(25)19-21-12-8-11-20-10-4-5-13-22(20)21/h4-5,8,10-13H,2-3,6-7,9,14-19H2,1H3,(H,24,25). The molecule has 4 heteroatoms. The second kappa shape index (κ2) is 13.3. The average Bonchev–Trinajstić information content (AvgIpc) is 2.69. The van der Waals surface area contributed by atoms with E-state index >= 15 is 0 Å². The van der Waals surface area contributed by atoms with Crippen LogP contribution in [0.15, 0.2) is 42.5 Å². The van der Waals surface area contributed by atoms with E-state index in [2.05, 4.69) is 30.4 Å². The average molecular weight is 372 g/mol. The van der Waals surface area contributed by atoms with Gasteiger partial charge in [-0.3, -0.25) is 4.79 Å². The van der Waals surface area contributed by atoms with E-state index in [1.54, 1.807) is 0 Å². The second-order valence-corrected chi connectivity index (χ2v) is 6.80. The van der Waals surface area contributed by atoms with Crippen molar-refractivity contribution in [3.05, 3.63) is 48.0 Å². The minimum atomic E-state index is 0.0654. The molecule has 0 aliphatic rings. The molecule has 0 saturated carbocycles. The van der Waals surface area contributed by atoms with Gasteiger partial charge in [0.2, 0.25) is 5.91 Å². The van der Waals surface area contributed by atoms with Gasteiger partial charge in [-0.25, -0.2) is 0 Å². The van der Waals surface area contributed by atoms with Crippen molar-refractivity contribution < 1.29 is 14.3 Å². The SMILES string of the molecule is CCCCOCCCCOCCCNC(=O)Cc1cccc2ccccc12. The molecule has 148 valence electrons. The Morgan fingerprint density at radius 2 is 1.52 bits per heavy atom. The first-order chi connectivity index (χ1) is 13.3. The molecule has 0 aliphatic carbocycles. The number of fused-ring (bicyclic) bond motifs is 1. The molecule has 27 heavy (non-hydrogen) atoms. The Bertz CT molecular complexity index is 666. The van der Waals surface area contributed by atoms with Crippen LogP contribution in [0.1, 0.15) is 44.6 Å². The van der Waals surface area contributed by atoms with Crippen molar-refractivity contribution in [3.8, 4) is 0 Å². The van der Waals surface area contributed by atoms with Crippen LogP contribution in [-0.4, -0.2) is 38.9 Å². The molecule has 0 atom stereocenters. The molecule has 0 fully saturated rings. The highest BCUT2D eigenvalue weighted by atomic mass is 16.5. The fourth-order valence-corrected chi connectivity index (χ4v) is 2.94. The summed E-state index contributed by atoms with van der Waals surface area (Å²) in [6.07, 6.45) is 5.66. The van der Waals surface area contributed by atoms with Gasteiger partial charge in [-0.15, -0.1) is 0 Å². The lowest BCUT2D eigenvalue weighted by Gasteiger charge is -2.08. The van der Waals surface area contributed by atoms with Crippen molar-refractivity contribution in [3.63, 3.8) is 0 Å². The van der Waals surface area contributed by atoms with Gasteiger partial charge in [0, 0.05) is 33.0 Å². The van der Waals surface area contributed by atoms with Crippen molar-refractivity contribution in [2.24, 2.45) is 0 Å². The van der Waals surface area contributed by atoms with Gasteiger partial charge in [-0.1, -0.05) is 55.8 Å². The summed E-state index contributed by atoms with van der Waals surface area (Å²) in [5, 5.41) is 5.31. The molecular weight excluding hydrogens is 338 g/mol. The van der Waals surface area contributed by atoms with Crippen LogP contribution < -0.4 is 5.32 Å². The van der Waals surface area contributed by atoms with Crippen molar-refractivity contribution >= 4 is 16.7 Å². The molecular formula is C23H33NO3. The lowest BCUT2D eigenvalue weighted by atomic mass is 10.0. The highest BCUT2D eigenvalue weighted by molar-refractivity contribution is 5.90. The summed E-state index contributed by atoms with van der Waals surface area (Å²) in [5.41, 5.74) is 1.07. The van der Waals surface area contributed by atoms with E-state index in [1.165, 1.54) is 11.8 Å². The molecule has 0 spiro atoms. The van der Waals surface area contributed by atoms with E-state index in [9.17, 15) is 4.79 Å². The zero-order valence-electron chi connectivity index (χ0n) is 16.5. The number of rotatable bonds is 14. The van der Waals surface area contributed by atoms with Crippen LogP contribution in [0.2, 0.25) is 0 Å². The quantitative estimate of drug-likeness (QED) is 0.497. The Hall–Kier alpha value is -1.91. The van der Waals surface area contributed by atoms with Crippen molar-refractivity contribution in [2.45, 2.75) is 45.4 Å². The van der Waals surface area contributed by atoms with Crippen LogP contribution in [0.25, 0.3) is 10.8 Å². The smallest absolute Gasteiger partial charge is 0.224 e. The van der Waals surface area contributed by atoms with Gasteiger partial charge < -0.3 is 14.8 Å². The number of nitrogens with one attached hydrogen (secondary N) is 1. The van der Waals surface area contributed by atoms with Crippen LogP contribution in [0, 0.1) is 0 Å². The second-order valence-electron chi connectivity index (χ2n) is 6.80. The number of benzene rings is 2. The topological polar surface area (TPSA) is 47.6 Å². The molecule has 1 N–H and O–H groups in total. The largest absolute Gasteiger partial charge is 0.381 e. The Balaban J connectivity index is 1.50. The Morgan fingerprint density at radius 3 is 2.30 bits per heavy atom. The third kappa shape index (κ3) is 8.55. The molecule has 4 nitrogen and oxygen atoms in total. The molecule has 2 aromatic rings. The molecule has 0 radical (unpaired) electrons. The van der Waals surface area contributed by atoms with Crippen LogP contribution in [0.3, 0.4) is 0 Å². The first-order valence-electron chi connectivity index (χ1n) is 10.2. The van der Waals surface area contributed by atoms with Crippen molar-refractivity contribution in [1.82, 2.24) is 5.32 Å². The van der Waals surface area contributed by atoms with Gasteiger partial charge in [0.25, 0.3) is 0 Å². The summed E-state index contributed by atoms with van der Waals surface area (Å²) >= 11 is 0. The summed E-state index contributed by atoms with van der Waals surface area (Å²) in [7, 11) is 0. The Morgan fingerprint density at radius 1 is 0.852 bits per heavy atom. The molecule has 0 heterocycles. The molecule has 2 rings (SSSR count). The van der Waals surface area contributed by atoms with Crippen LogP contribution in [0.4, 0.5) is 0 Å². The normalized spacial score (nSPS) is 11.0. The van der Waals surface area contributed by atoms with E-state index < -0.39 is 0 Å². The van der Waals surface area contributed by atoms with Crippen molar-refractivity contribution in [1.29, 1.82) is 0 Å². The number of carbonyl (C=O) groups is 1. The lowest BCUT2D eigenvalue weighted by Crippen LogP contribution is -2.26. The maximum absolute atomic E-state index is 12.2. The highest BCUT2D eigenvalue weighted by Gasteiger charge is 2.06.